The minimum absolute atomic E-state index is 0.324. The van der Waals surface area contributed by atoms with Gasteiger partial charge >= 0.3 is 5.97 Å². The van der Waals surface area contributed by atoms with Crippen LogP contribution in [0, 0.1) is 5.92 Å². The standard InChI is InChI=1S/C19H23N3O3/c1-13(19(24)25)17(14-7-3-2-4-8-14)20-18(23)16-11-12-22(21-16)15-9-5-6-10-15/h2-4,7-8,11-13,15,17H,5-6,9-10H2,1H3,(H,20,23)(H,24,25)/t13-,17-/m1/s1. The molecule has 1 aliphatic carbocycles. The molecule has 1 saturated carbocycles. The molecule has 0 bridgehead atoms. The van der Waals surface area contributed by atoms with Crippen LogP contribution in [0.3, 0.4) is 0 Å². The van der Waals surface area contributed by atoms with Crippen LogP contribution in [0.4, 0.5) is 0 Å². The summed E-state index contributed by atoms with van der Waals surface area (Å²) in [5.41, 5.74) is 1.09. The van der Waals surface area contributed by atoms with Crippen LogP contribution in [0.2, 0.25) is 0 Å². The predicted molar refractivity (Wildman–Crippen MR) is 93.2 cm³/mol. The van der Waals surface area contributed by atoms with Crippen molar-refractivity contribution in [3.8, 4) is 0 Å². The monoisotopic (exact) mass is 341 g/mol. The van der Waals surface area contributed by atoms with Crippen LogP contribution in [-0.4, -0.2) is 26.8 Å². The lowest BCUT2D eigenvalue weighted by molar-refractivity contribution is -0.142. The van der Waals surface area contributed by atoms with Crippen LogP contribution < -0.4 is 5.32 Å². The topological polar surface area (TPSA) is 84.2 Å². The highest BCUT2D eigenvalue weighted by molar-refractivity contribution is 5.92. The second-order valence-electron chi connectivity index (χ2n) is 6.61. The number of hydrogen-bond donors (Lipinski definition) is 2. The van der Waals surface area contributed by atoms with Crippen LogP contribution >= 0.6 is 0 Å². The molecule has 1 aromatic carbocycles. The molecule has 1 aliphatic rings. The molecule has 3 rings (SSSR count). The van der Waals surface area contributed by atoms with E-state index in [-0.39, 0.29) is 5.91 Å². The fourth-order valence-electron chi connectivity index (χ4n) is 3.35. The molecule has 25 heavy (non-hydrogen) atoms. The first-order valence-corrected chi connectivity index (χ1v) is 8.70. The summed E-state index contributed by atoms with van der Waals surface area (Å²) in [6.45, 7) is 1.59. The van der Waals surface area contributed by atoms with E-state index in [1.807, 2.05) is 41.2 Å². The zero-order chi connectivity index (χ0) is 17.8. The van der Waals surface area contributed by atoms with E-state index < -0.39 is 17.9 Å². The number of aromatic nitrogens is 2. The molecule has 0 unspecified atom stereocenters. The lowest BCUT2D eigenvalue weighted by Gasteiger charge is -2.22. The van der Waals surface area contributed by atoms with Gasteiger partial charge in [0, 0.05) is 6.20 Å². The zero-order valence-electron chi connectivity index (χ0n) is 14.3. The Balaban J connectivity index is 1.77. The maximum absolute atomic E-state index is 12.6. The number of carboxylic acid groups (broad SMARTS) is 1. The van der Waals surface area contributed by atoms with Crippen molar-refractivity contribution < 1.29 is 14.7 Å². The molecule has 0 saturated heterocycles. The van der Waals surface area contributed by atoms with Crippen LogP contribution in [0.1, 0.15) is 60.7 Å². The number of rotatable bonds is 6. The molecular weight excluding hydrogens is 318 g/mol. The Hall–Kier alpha value is -2.63. The predicted octanol–water partition coefficient (Wildman–Crippen LogP) is 3.19. The Morgan fingerprint density at radius 2 is 1.88 bits per heavy atom. The number of carbonyl (C=O) groups excluding carboxylic acids is 1. The number of amides is 1. The third-order valence-corrected chi connectivity index (χ3v) is 4.87. The van der Waals surface area contributed by atoms with E-state index in [4.69, 9.17) is 0 Å². The van der Waals surface area contributed by atoms with Crippen molar-refractivity contribution in [1.29, 1.82) is 0 Å². The maximum atomic E-state index is 12.6. The van der Waals surface area contributed by atoms with Gasteiger partial charge in [0.2, 0.25) is 0 Å². The summed E-state index contributed by atoms with van der Waals surface area (Å²) < 4.78 is 1.86. The van der Waals surface area contributed by atoms with Gasteiger partial charge in [-0.15, -0.1) is 0 Å². The number of nitrogens with one attached hydrogen (secondary N) is 1. The van der Waals surface area contributed by atoms with E-state index in [0.717, 1.165) is 18.4 Å². The van der Waals surface area contributed by atoms with E-state index >= 15 is 0 Å². The number of hydrogen-bond acceptors (Lipinski definition) is 3. The molecule has 6 nitrogen and oxygen atoms in total. The normalized spacial score (nSPS) is 17.2. The van der Waals surface area contributed by atoms with Crippen LogP contribution in [0.5, 0.6) is 0 Å². The summed E-state index contributed by atoms with van der Waals surface area (Å²) in [6.07, 6.45) is 6.40. The molecule has 132 valence electrons. The summed E-state index contributed by atoms with van der Waals surface area (Å²) >= 11 is 0. The maximum Gasteiger partial charge on any atom is 0.308 e. The average Bonchev–Trinajstić information content (AvgIpc) is 3.30. The van der Waals surface area contributed by atoms with Gasteiger partial charge in [-0.1, -0.05) is 43.2 Å². The van der Waals surface area contributed by atoms with Crippen molar-refractivity contribution in [2.24, 2.45) is 5.92 Å². The SMILES string of the molecule is C[C@@H](C(=O)O)[C@@H](NC(=O)c1ccn(C2CCCC2)n1)c1ccccc1. The van der Waals surface area contributed by atoms with Crippen molar-refractivity contribution in [3.63, 3.8) is 0 Å². The zero-order valence-corrected chi connectivity index (χ0v) is 14.3. The first-order chi connectivity index (χ1) is 12.1. The Bertz CT molecular complexity index is 735. The molecule has 0 spiro atoms. The summed E-state index contributed by atoms with van der Waals surface area (Å²) in [5, 5.41) is 16.6. The highest BCUT2D eigenvalue weighted by Gasteiger charge is 2.28. The van der Waals surface area contributed by atoms with Gasteiger partial charge in [-0.25, -0.2) is 0 Å². The molecule has 0 radical (unpaired) electrons. The third kappa shape index (κ3) is 3.90. The van der Waals surface area contributed by atoms with E-state index in [1.165, 1.54) is 12.8 Å². The van der Waals surface area contributed by atoms with Gasteiger partial charge in [0.25, 0.3) is 5.91 Å². The van der Waals surface area contributed by atoms with Crippen molar-refractivity contribution in [2.75, 3.05) is 0 Å². The molecular formula is C19H23N3O3. The van der Waals surface area contributed by atoms with Gasteiger partial charge in [-0.2, -0.15) is 5.10 Å². The van der Waals surface area contributed by atoms with Gasteiger partial charge in [0.1, 0.15) is 5.69 Å². The number of nitrogens with zero attached hydrogens (tertiary/aromatic N) is 2. The number of carboxylic acids is 1. The fraction of sp³-hybridized carbons (Fsp3) is 0.421. The van der Waals surface area contributed by atoms with E-state index in [0.29, 0.717) is 11.7 Å². The molecule has 2 atom stereocenters. The van der Waals surface area contributed by atoms with Crippen LogP contribution in [0.15, 0.2) is 42.6 Å². The molecule has 1 amide bonds. The minimum atomic E-state index is -0.953. The Morgan fingerprint density at radius 3 is 2.52 bits per heavy atom. The average molecular weight is 341 g/mol. The third-order valence-electron chi connectivity index (χ3n) is 4.87. The second kappa shape index (κ2) is 7.51. The van der Waals surface area contributed by atoms with Crippen LogP contribution in [0.25, 0.3) is 0 Å². The van der Waals surface area contributed by atoms with Crippen LogP contribution in [-0.2, 0) is 4.79 Å². The van der Waals surface area contributed by atoms with Gasteiger partial charge in [0.05, 0.1) is 18.0 Å². The lowest BCUT2D eigenvalue weighted by Crippen LogP contribution is -2.35. The highest BCUT2D eigenvalue weighted by atomic mass is 16.4. The van der Waals surface area contributed by atoms with Gasteiger partial charge < -0.3 is 10.4 Å². The molecule has 1 aromatic heterocycles. The Morgan fingerprint density at radius 1 is 1.20 bits per heavy atom. The Labute approximate surface area is 146 Å². The van der Waals surface area contributed by atoms with Gasteiger partial charge in [0.15, 0.2) is 0 Å². The molecule has 2 N–H and O–H groups in total. The van der Waals surface area contributed by atoms with Crippen molar-refractivity contribution >= 4 is 11.9 Å². The second-order valence-corrected chi connectivity index (χ2v) is 6.61. The lowest BCUT2D eigenvalue weighted by atomic mass is 9.94. The molecule has 1 heterocycles. The summed E-state index contributed by atoms with van der Waals surface area (Å²) in [6, 6.07) is 10.6. The van der Waals surface area contributed by atoms with Gasteiger partial charge in [-0.3, -0.25) is 14.3 Å². The van der Waals surface area contributed by atoms with Crippen molar-refractivity contribution in [3.05, 3.63) is 53.9 Å². The first-order valence-electron chi connectivity index (χ1n) is 8.70. The molecule has 0 aliphatic heterocycles. The minimum Gasteiger partial charge on any atom is -0.481 e. The number of carbonyl (C=O) groups is 2. The summed E-state index contributed by atoms with van der Waals surface area (Å²) in [5.74, 6) is -2.05. The number of benzene rings is 1. The highest BCUT2D eigenvalue weighted by Crippen LogP contribution is 2.29. The van der Waals surface area contributed by atoms with E-state index in [2.05, 4.69) is 10.4 Å². The largest absolute Gasteiger partial charge is 0.481 e. The molecule has 6 heteroatoms. The smallest absolute Gasteiger partial charge is 0.308 e. The Kier molecular flexibility index (Phi) is 5.16. The molecule has 2 aromatic rings. The fourth-order valence-corrected chi connectivity index (χ4v) is 3.35. The molecule has 1 fully saturated rings. The first kappa shape index (κ1) is 17.2. The van der Waals surface area contributed by atoms with Crippen molar-refractivity contribution in [1.82, 2.24) is 15.1 Å². The van der Waals surface area contributed by atoms with Crippen molar-refractivity contribution in [2.45, 2.75) is 44.7 Å². The quantitative estimate of drug-likeness (QED) is 0.845. The van der Waals surface area contributed by atoms with E-state index in [9.17, 15) is 14.7 Å². The van der Waals surface area contributed by atoms with Gasteiger partial charge in [-0.05, 0) is 31.4 Å². The summed E-state index contributed by atoms with van der Waals surface area (Å²) in [4.78, 5) is 24.0. The van der Waals surface area contributed by atoms with E-state index in [1.54, 1.807) is 13.0 Å². The number of aliphatic carboxylic acids is 1. The summed E-state index contributed by atoms with van der Waals surface area (Å²) in [7, 11) is 0.